The molecule has 164 valence electrons. The van der Waals surface area contributed by atoms with Gasteiger partial charge in [0.15, 0.2) is 0 Å². The van der Waals surface area contributed by atoms with Crippen LogP contribution in [0.25, 0.3) is 0 Å². The highest BCUT2D eigenvalue weighted by molar-refractivity contribution is 6.05. The van der Waals surface area contributed by atoms with Gasteiger partial charge in [0.05, 0.1) is 24.3 Å². The molecule has 3 amide bonds. The summed E-state index contributed by atoms with van der Waals surface area (Å²) >= 11 is 0. The van der Waals surface area contributed by atoms with Gasteiger partial charge in [-0.2, -0.15) is 13.2 Å². The maximum atomic E-state index is 13.8. The molecule has 10 heteroatoms. The van der Waals surface area contributed by atoms with Crippen molar-refractivity contribution >= 4 is 29.1 Å². The van der Waals surface area contributed by atoms with Gasteiger partial charge in [0.25, 0.3) is 0 Å². The van der Waals surface area contributed by atoms with Crippen molar-refractivity contribution in [2.24, 2.45) is 5.92 Å². The zero-order valence-corrected chi connectivity index (χ0v) is 16.7. The Bertz CT molecular complexity index is 807. The molecule has 0 aromatic heterocycles. The minimum absolute atomic E-state index is 0.0521. The van der Waals surface area contributed by atoms with E-state index in [4.69, 9.17) is 0 Å². The molecule has 30 heavy (non-hydrogen) atoms. The number of alkyl halides is 3. The predicted molar refractivity (Wildman–Crippen MR) is 105 cm³/mol. The number of nitrogens with one attached hydrogen (secondary N) is 2. The van der Waals surface area contributed by atoms with Crippen molar-refractivity contribution in [3.63, 3.8) is 0 Å². The molecule has 0 saturated carbocycles. The van der Waals surface area contributed by atoms with Crippen LogP contribution in [-0.4, -0.2) is 61.0 Å². The van der Waals surface area contributed by atoms with Crippen molar-refractivity contribution in [3.05, 3.63) is 24.3 Å². The first kappa shape index (κ1) is 22.1. The lowest BCUT2D eigenvalue weighted by atomic mass is 9.96. The zero-order valence-electron chi connectivity index (χ0n) is 16.7. The van der Waals surface area contributed by atoms with Crippen molar-refractivity contribution in [1.82, 2.24) is 10.2 Å². The number of likely N-dealkylation sites (tertiary alicyclic amines) is 1. The highest BCUT2D eigenvalue weighted by atomic mass is 19.4. The van der Waals surface area contributed by atoms with Gasteiger partial charge in [0, 0.05) is 13.5 Å². The molecular weight excluding hydrogens is 401 g/mol. The van der Waals surface area contributed by atoms with Gasteiger partial charge in [0.2, 0.25) is 17.7 Å². The third-order valence-electron chi connectivity index (χ3n) is 5.48. The fourth-order valence-electron chi connectivity index (χ4n) is 3.90. The Labute approximate surface area is 172 Å². The van der Waals surface area contributed by atoms with Crippen molar-refractivity contribution in [1.29, 1.82) is 0 Å². The molecule has 3 rings (SSSR count). The van der Waals surface area contributed by atoms with E-state index in [-0.39, 0.29) is 29.7 Å². The van der Waals surface area contributed by atoms with Crippen LogP contribution in [0.1, 0.15) is 26.2 Å². The molecule has 1 saturated heterocycles. The number of hydrogen-bond donors (Lipinski definition) is 2. The summed E-state index contributed by atoms with van der Waals surface area (Å²) in [6.45, 7) is 2.95. The van der Waals surface area contributed by atoms with Gasteiger partial charge in [0.1, 0.15) is 6.04 Å². The maximum absolute atomic E-state index is 13.8. The maximum Gasteiger partial charge on any atom is 0.409 e. The van der Waals surface area contributed by atoms with Crippen LogP contribution in [0.5, 0.6) is 0 Å². The number of amides is 3. The molecule has 1 unspecified atom stereocenters. The van der Waals surface area contributed by atoms with Gasteiger partial charge in [-0.1, -0.05) is 12.1 Å². The number of carbonyl (C=O) groups excluding carboxylic acids is 3. The fraction of sp³-hybridized carbons (Fsp3) is 0.550. The summed E-state index contributed by atoms with van der Waals surface area (Å²) in [5.41, 5.74) is 0.243. The molecule has 2 heterocycles. The number of piperidine rings is 1. The van der Waals surface area contributed by atoms with Gasteiger partial charge in [-0.15, -0.1) is 0 Å². The lowest BCUT2D eigenvalue weighted by molar-refractivity contribution is -0.158. The molecule has 0 spiro atoms. The molecule has 1 atom stereocenters. The molecule has 2 aliphatic rings. The van der Waals surface area contributed by atoms with E-state index < -0.39 is 30.5 Å². The van der Waals surface area contributed by atoms with Crippen molar-refractivity contribution in [2.75, 3.05) is 36.4 Å². The third kappa shape index (κ3) is 5.29. The summed E-state index contributed by atoms with van der Waals surface area (Å²) in [7, 11) is 0. The van der Waals surface area contributed by atoms with E-state index in [0.29, 0.717) is 19.6 Å². The van der Waals surface area contributed by atoms with E-state index in [0.717, 1.165) is 17.7 Å². The summed E-state index contributed by atoms with van der Waals surface area (Å²) in [4.78, 5) is 38.6. The molecule has 2 aliphatic heterocycles. The Balaban J connectivity index is 1.74. The molecule has 1 fully saturated rings. The van der Waals surface area contributed by atoms with Gasteiger partial charge in [-0.05, 0) is 44.0 Å². The Morgan fingerprint density at radius 2 is 1.87 bits per heavy atom. The van der Waals surface area contributed by atoms with Gasteiger partial charge < -0.3 is 10.6 Å². The predicted octanol–water partition coefficient (Wildman–Crippen LogP) is 2.14. The first-order valence-corrected chi connectivity index (χ1v) is 9.89. The molecule has 0 radical (unpaired) electrons. The first-order chi connectivity index (χ1) is 14.1. The van der Waals surface area contributed by atoms with Crippen LogP contribution in [-0.2, 0) is 14.4 Å². The molecule has 0 bridgehead atoms. The summed E-state index contributed by atoms with van der Waals surface area (Å²) in [6, 6.07) is 3.82. The second kappa shape index (κ2) is 9.03. The Hall–Kier alpha value is -2.62. The lowest BCUT2D eigenvalue weighted by Gasteiger charge is -2.36. The molecule has 1 aromatic carbocycles. The first-order valence-electron chi connectivity index (χ1n) is 9.89. The van der Waals surface area contributed by atoms with Crippen molar-refractivity contribution in [3.8, 4) is 0 Å². The van der Waals surface area contributed by atoms with Gasteiger partial charge in [-0.3, -0.25) is 24.2 Å². The standard InChI is InChI=1S/C20H25F3N4O3/c1-13(28)24-11-14-6-8-26(9-7-14)12-19(30)27-16-5-3-2-4-15(16)25-18(29)10-17(27)20(21,22)23/h2-5,14,17H,6-12H2,1H3,(H,24,28)(H,25,29). The second-order valence-corrected chi connectivity index (χ2v) is 7.75. The zero-order chi connectivity index (χ0) is 21.9. The SMILES string of the molecule is CC(=O)NCC1CCN(CC(=O)N2c3ccccc3NC(=O)CC2C(F)(F)F)CC1. The lowest BCUT2D eigenvalue weighted by Crippen LogP contribution is -2.53. The van der Waals surface area contributed by atoms with Gasteiger partial charge in [-0.25, -0.2) is 0 Å². The topological polar surface area (TPSA) is 81.8 Å². The number of halogens is 3. The van der Waals surface area contributed by atoms with Crippen LogP contribution in [0.3, 0.4) is 0 Å². The summed E-state index contributed by atoms with van der Waals surface area (Å²) < 4.78 is 41.3. The van der Waals surface area contributed by atoms with E-state index in [1.807, 2.05) is 4.90 Å². The fourth-order valence-corrected chi connectivity index (χ4v) is 3.90. The monoisotopic (exact) mass is 426 g/mol. The van der Waals surface area contributed by atoms with Crippen molar-refractivity contribution in [2.45, 2.75) is 38.4 Å². The van der Waals surface area contributed by atoms with E-state index in [2.05, 4.69) is 10.6 Å². The van der Waals surface area contributed by atoms with Crippen LogP contribution >= 0.6 is 0 Å². The average molecular weight is 426 g/mol. The highest BCUT2D eigenvalue weighted by Crippen LogP contribution is 2.37. The summed E-state index contributed by atoms with van der Waals surface area (Å²) in [6.07, 6.45) is -4.10. The largest absolute Gasteiger partial charge is 0.409 e. The third-order valence-corrected chi connectivity index (χ3v) is 5.48. The Kier molecular flexibility index (Phi) is 6.64. The minimum Gasteiger partial charge on any atom is -0.356 e. The van der Waals surface area contributed by atoms with Crippen LogP contribution < -0.4 is 15.5 Å². The van der Waals surface area contributed by atoms with Crippen LogP contribution in [0.2, 0.25) is 0 Å². The number of para-hydroxylation sites is 2. The summed E-state index contributed by atoms with van der Waals surface area (Å²) in [5, 5.41) is 5.23. The number of anilines is 2. The summed E-state index contributed by atoms with van der Waals surface area (Å²) in [5.74, 6) is -1.29. The number of nitrogens with zero attached hydrogens (tertiary/aromatic N) is 2. The van der Waals surface area contributed by atoms with E-state index >= 15 is 0 Å². The molecular formula is C20H25F3N4O3. The smallest absolute Gasteiger partial charge is 0.356 e. The molecule has 2 N–H and O–H groups in total. The molecule has 1 aromatic rings. The Morgan fingerprint density at radius 3 is 2.50 bits per heavy atom. The highest BCUT2D eigenvalue weighted by Gasteiger charge is 2.49. The number of rotatable bonds is 4. The molecule has 7 nitrogen and oxygen atoms in total. The van der Waals surface area contributed by atoms with E-state index in [1.54, 1.807) is 6.07 Å². The van der Waals surface area contributed by atoms with Crippen LogP contribution in [0, 0.1) is 5.92 Å². The molecule has 0 aliphatic carbocycles. The minimum atomic E-state index is -4.74. The van der Waals surface area contributed by atoms with E-state index in [9.17, 15) is 27.6 Å². The number of hydrogen-bond acceptors (Lipinski definition) is 4. The van der Waals surface area contributed by atoms with Crippen LogP contribution in [0.4, 0.5) is 24.5 Å². The normalized spacial score (nSPS) is 20.9. The number of benzene rings is 1. The number of fused-ring (bicyclic) bond motifs is 1. The van der Waals surface area contributed by atoms with E-state index in [1.165, 1.54) is 25.1 Å². The number of carbonyl (C=O) groups is 3. The Morgan fingerprint density at radius 1 is 1.20 bits per heavy atom. The average Bonchev–Trinajstić information content (AvgIpc) is 2.83. The quantitative estimate of drug-likeness (QED) is 0.773. The van der Waals surface area contributed by atoms with Crippen LogP contribution in [0.15, 0.2) is 24.3 Å². The second-order valence-electron chi connectivity index (χ2n) is 7.75. The van der Waals surface area contributed by atoms with Crippen molar-refractivity contribution < 1.29 is 27.6 Å². The van der Waals surface area contributed by atoms with Gasteiger partial charge >= 0.3 is 6.18 Å².